The predicted octanol–water partition coefficient (Wildman–Crippen LogP) is 6.07. The van der Waals surface area contributed by atoms with Gasteiger partial charge in [0.15, 0.2) is 5.52 Å². The number of hydrogen-bond donors (Lipinski definition) is 0. The van der Waals surface area contributed by atoms with Crippen LogP contribution >= 0.6 is 8.58 Å². The van der Waals surface area contributed by atoms with Gasteiger partial charge in [0.2, 0.25) is 0 Å². The molecule has 1 atom stereocenters. The first-order valence-corrected chi connectivity index (χ1v) is 10.5. The van der Waals surface area contributed by atoms with Gasteiger partial charge in [-0.15, -0.1) is 0 Å². The van der Waals surface area contributed by atoms with Crippen molar-refractivity contribution < 1.29 is 40.6 Å². The maximum atomic E-state index is 13.4. The van der Waals surface area contributed by atoms with E-state index in [0.717, 1.165) is 6.42 Å². The number of alkyl halides is 6. The smallest absolute Gasteiger partial charge is 0.417 e. The number of carbonyl (C=O) groups excluding carboxylic acids is 1. The summed E-state index contributed by atoms with van der Waals surface area (Å²) in [6.07, 6.45) is -8.88. The molecule has 0 saturated heterocycles. The summed E-state index contributed by atoms with van der Waals surface area (Å²) >= 11 is 0. The molecular weight excluding hydrogens is 452 g/mol. The molecule has 2 aromatic carbocycles. The Morgan fingerprint density at radius 2 is 1.41 bits per heavy atom. The first-order valence-electron chi connectivity index (χ1n) is 9.47. The van der Waals surface area contributed by atoms with E-state index in [1.807, 2.05) is 13.8 Å². The standard InChI is InChI=1S/C21H21F6O3P.Li/c1-3-10-29-13-8-9-17(16(12-13)30-11-4-2)31-19(28)18-14(20(22,23)24)6-5-7-15(18)21(25,26)27;/h5-9,12,31H,3-4,10-11H2,1-2H3;. The van der Waals surface area contributed by atoms with Gasteiger partial charge in [0.1, 0.15) is 11.5 Å². The van der Waals surface area contributed by atoms with Gasteiger partial charge >= 0.3 is 12.4 Å². The van der Waals surface area contributed by atoms with E-state index >= 15 is 0 Å². The minimum Gasteiger partial charge on any atom is -0.493 e. The van der Waals surface area contributed by atoms with Crippen LogP contribution in [0, 0.1) is 0 Å². The Labute approximate surface area is 195 Å². The van der Waals surface area contributed by atoms with Crippen LogP contribution in [-0.4, -0.2) is 37.6 Å². The van der Waals surface area contributed by atoms with Crippen molar-refractivity contribution in [3.63, 3.8) is 0 Å². The summed E-state index contributed by atoms with van der Waals surface area (Å²) < 4.78 is 91.3. The van der Waals surface area contributed by atoms with E-state index in [4.69, 9.17) is 9.47 Å². The minimum atomic E-state index is -5.11. The average molecular weight is 473 g/mol. The van der Waals surface area contributed by atoms with E-state index in [1.165, 1.54) is 18.2 Å². The molecule has 1 unspecified atom stereocenters. The van der Waals surface area contributed by atoms with Crippen molar-refractivity contribution in [2.24, 2.45) is 0 Å². The molecule has 0 N–H and O–H groups in total. The van der Waals surface area contributed by atoms with Crippen LogP contribution in [0.4, 0.5) is 26.3 Å². The summed E-state index contributed by atoms with van der Waals surface area (Å²) in [5, 5.41) is 0.201. The quantitative estimate of drug-likeness (QED) is 0.252. The fourth-order valence-electron chi connectivity index (χ4n) is 2.70. The van der Waals surface area contributed by atoms with Crippen LogP contribution in [0.25, 0.3) is 0 Å². The predicted molar refractivity (Wildman–Crippen MR) is 112 cm³/mol. The molecule has 0 heterocycles. The van der Waals surface area contributed by atoms with Crippen LogP contribution in [0.5, 0.6) is 11.5 Å². The molecule has 1 radical (unpaired) electrons. The van der Waals surface area contributed by atoms with Crippen LogP contribution in [0.3, 0.4) is 0 Å². The molecule has 171 valence electrons. The van der Waals surface area contributed by atoms with Crippen molar-refractivity contribution >= 4 is 38.3 Å². The minimum absolute atomic E-state index is 0. The Morgan fingerprint density at radius 3 is 1.91 bits per heavy atom. The van der Waals surface area contributed by atoms with E-state index < -0.39 is 43.1 Å². The second-order valence-corrected chi connectivity index (χ2v) is 7.78. The zero-order valence-corrected chi connectivity index (χ0v) is 18.8. The third-order valence-electron chi connectivity index (χ3n) is 4.04. The van der Waals surface area contributed by atoms with Crippen molar-refractivity contribution in [2.45, 2.75) is 39.0 Å². The SMILES string of the molecule is CCCOc1ccc(PC(=O)c2c(C(F)(F)F)cccc2C(F)(F)F)c(OCCC)c1.[Li]. The number of ether oxygens (including phenoxy) is 2. The molecule has 0 saturated carbocycles. The van der Waals surface area contributed by atoms with Gasteiger partial charge in [0, 0.05) is 35.8 Å². The molecule has 0 aromatic heterocycles. The number of benzene rings is 2. The van der Waals surface area contributed by atoms with Crippen LogP contribution in [0.15, 0.2) is 36.4 Å². The van der Waals surface area contributed by atoms with Crippen molar-refractivity contribution in [1.82, 2.24) is 0 Å². The molecule has 0 aliphatic heterocycles. The van der Waals surface area contributed by atoms with E-state index in [2.05, 4.69) is 0 Å². The molecule has 0 amide bonds. The zero-order valence-electron chi connectivity index (χ0n) is 17.8. The summed E-state index contributed by atoms with van der Waals surface area (Å²) in [6.45, 7) is 4.41. The Kier molecular flexibility index (Phi) is 10.6. The second-order valence-electron chi connectivity index (χ2n) is 6.53. The van der Waals surface area contributed by atoms with Crippen LogP contribution in [0.1, 0.15) is 48.2 Å². The van der Waals surface area contributed by atoms with Crippen molar-refractivity contribution in [1.29, 1.82) is 0 Å². The molecule has 2 rings (SSSR count). The van der Waals surface area contributed by atoms with Crippen molar-refractivity contribution in [3.05, 3.63) is 53.1 Å². The summed E-state index contributed by atoms with van der Waals surface area (Å²) in [5.41, 5.74) is -5.88. The Balaban J connectivity index is 0.00000512. The van der Waals surface area contributed by atoms with Gasteiger partial charge in [-0.05, 0) is 45.7 Å². The van der Waals surface area contributed by atoms with Gasteiger partial charge in [-0.1, -0.05) is 19.9 Å². The molecule has 32 heavy (non-hydrogen) atoms. The van der Waals surface area contributed by atoms with Gasteiger partial charge in [0.25, 0.3) is 0 Å². The normalized spacial score (nSPS) is 12.0. The van der Waals surface area contributed by atoms with E-state index in [9.17, 15) is 31.1 Å². The average Bonchev–Trinajstić information content (AvgIpc) is 2.70. The van der Waals surface area contributed by atoms with Crippen LogP contribution in [0.2, 0.25) is 0 Å². The topological polar surface area (TPSA) is 35.5 Å². The maximum absolute atomic E-state index is 13.4. The molecule has 0 fully saturated rings. The number of rotatable bonds is 9. The summed E-state index contributed by atoms with van der Waals surface area (Å²) in [6, 6.07) is 6.01. The summed E-state index contributed by atoms with van der Waals surface area (Å²) in [4.78, 5) is 12.8. The molecular formula is C21H21F6LiO3P. The molecule has 2 aromatic rings. The Morgan fingerprint density at radius 1 is 0.875 bits per heavy atom. The fraction of sp³-hybridized carbons (Fsp3) is 0.381. The summed E-state index contributed by atoms with van der Waals surface area (Å²) in [5.74, 6) is 0.626. The molecule has 0 spiro atoms. The zero-order chi connectivity index (χ0) is 23.2. The largest absolute Gasteiger partial charge is 0.493 e. The molecule has 0 aliphatic rings. The van der Waals surface area contributed by atoms with E-state index in [-0.39, 0.29) is 36.5 Å². The second kappa shape index (κ2) is 12.0. The maximum Gasteiger partial charge on any atom is 0.417 e. The van der Waals surface area contributed by atoms with Crippen LogP contribution < -0.4 is 14.8 Å². The molecule has 3 nitrogen and oxygen atoms in total. The van der Waals surface area contributed by atoms with Gasteiger partial charge in [-0.2, -0.15) is 26.3 Å². The first kappa shape index (κ1) is 28.4. The van der Waals surface area contributed by atoms with Crippen LogP contribution in [-0.2, 0) is 12.4 Å². The third kappa shape index (κ3) is 7.43. The Hall–Kier alpha value is -1.68. The number of halogens is 6. The summed E-state index contributed by atoms with van der Waals surface area (Å²) in [7, 11) is -1.00. The van der Waals surface area contributed by atoms with Gasteiger partial charge < -0.3 is 9.47 Å². The van der Waals surface area contributed by atoms with Gasteiger partial charge in [0.05, 0.1) is 24.3 Å². The monoisotopic (exact) mass is 473 g/mol. The van der Waals surface area contributed by atoms with Gasteiger partial charge in [-0.25, -0.2) is 0 Å². The van der Waals surface area contributed by atoms with Crippen molar-refractivity contribution in [3.8, 4) is 11.5 Å². The number of carbonyl (C=O) groups is 1. The first-order chi connectivity index (χ1) is 14.5. The molecule has 0 bridgehead atoms. The van der Waals surface area contributed by atoms with Gasteiger partial charge in [-0.3, -0.25) is 4.79 Å². The molecule has 11 heteroatoms. The van der Waals surface area contributed by atoms with E-state index in [1.54, 1.807) is 0 Å². The number of hydrogen-bond acceptors (Lipinski definition) is 3. The third-order valence-corrected chi connectivity index (χ3v) is 5.20. The van der Waals surface area contributed by atoms with E-state index in [0.29, 0.717) is 37.0 Å². The van der Waals surface area contributed by atoms with Crippen molar-refractivity contribution in [2.75, 3.05) is 13.2 Å². The Bertz CT molecular complexity index is 883. The molecule has 0 aliphatic carbocycles. The fourth-order valence-corrected chi connectivity index (χ4v) is 3.77.